The molecule has 38 atom stereocenters. The number of ether oxygens (including phenoxy) is 15. The fourth-order valence-electron chi connectivity index (χ4n) is 29.2. The topological polar surface area (TPSA) is 394 Å². The average molecular weight is 1890 g/mol. The van der Waals surface area contributed by atoms with Gasteiger partial charge in [-0.25, -0.2) is 0 Å². The Labute approximate surface area is 793 Å². The number of fused-ring (bicyclic) bond motifs is 7. The fraction of sp³-hybridized carbons (Fsp3) is 0.857. The monoisotopic (exact) mass is 1890 g/mol. The Morgan fingerprint density at radius 3 is 0.852 bits per heavy atom. The second kappa shape index (κ2) is 39.3. The van der Waals surface area contributed by atoms with Crippen LogP contribution in [0.5, 0.6) is 0 Å². The number of esters is 15. The molecule has 21 aliphatic rings. The van der Waals surface area contributed by atoms with Crippen molar-refractivity contribution >= 4 is 89.5 Å². The molecule has 30 nitrogen and oxygen atoms in total. The van der Waals surface area contributed by atoms with Gasteiger partial charge in [-0.1, -0.05) is 95.9 Å². The molecular weight excluding hydrogens is 1740 g/mol. The van der Waals surface area contributed by atoms with Crippen molar-refractivity contribution in [3.63, 3.8) is 0 Å². The molecule has 0 aromatic rings. The third-order valence-electron chi connectivity index (χ3n) is 37.8. The minimum atomic E-state index is -0.547. The van der Waals surface area contributed by atoms with Crippen LogP contribution in [0.15, 0.2) is 0 Å². The van der Waals surface area contributed by atoms with Crippen molar-refractivity contribution in [1.82, 2.24) is 0 Å². The molecule has 38 unspecified atom stereocenters. The van der Waals surface area contributed by atoms with Crippen LogP contribution in [0.1, 0.15) is 315 Å². The minimum Gasteiger partial charge on any atom is -0.462 e. The Kier molecular flexibility index (Phi) is 28.7. The number of carbonyl (C=O) groups excluding carboxylic acids is 15. The molecule has 748 valence electrons. The quantitative estimate of drug-likeness (QED) is 0.0544. The van der Waals surface area contributed by atoms with E-state index in [0.29, 0.717) is 76.0 Å². The van der Waals surface area contributed by atoms with Gasteiger partial charge in [0.25, 0.3) is 0 Å². The molecule has 135 heavy (non-hydrogen) atoms. The highest BCUT2D eigenvalue weighted by Gasteiger charge is 2.76. The number of rotatable bonds is 27. The molecule has 0 amide bonds. The van der Waals surface area contributed by atoms with Crippen molar-refractivity contribution in [2.75, 3.05) is 0 Å². The molecule has 5 saturated heterocycles. The molecule has 0 spiro atoms. The average Bonchev–Trinajstić information content (AvgIpc) is 1.56. The summed E-state index contributed by atoms with van der Waals surface area (Å²) in [5, 5.41) is 0. The lowest BCUT2D eigenvalue weighted by molar-refractivity contribution is -0.181. The summed E-state index contributed by atoms with van der Waals surface area (Å²) in [4.78, 5) is 189. The highest BCUT2D eigenvalue weighted by Crippen LogP contribution is 2.66. The smallest absolute Gasteiger partial charge is 0.310 e. The van der Waals surface area contributed by atoms with E-state index in [0.717, 1.165) is 135 Å². The molecule has 30 heteroatoms. The highest BCUT2D eigenvalue weighted by molar-refractivity contribution is 5.91. The van der Waals surface area contributed by atoms with Crippen molar-refractivity contribution in [2.45, 2.75) is 405 Å². The Morgan fingerprint density at radius 2 is 0.578 bits per heavy atom. The Bertz CT molecular complexity index is 4510. The summed E-state index contributed by atoms with van der Waals surface area (Å²) in [5.74, 6) is -10.2. The van der Waals surface area contributed by atoms with E-state index >= 15 is 0 Å². The van der Waals surface area contributed by atoms with Crippen LogP contribution in [0.25, 0.3) is 0 Å². The zero-order chi connectivity index (χ0) is 96.2. The molecule has 16 saturated carbocycles. The summed E-state index contributed by atoms with van der Waals surface area (Å²) in [6.07, 6.45) is 26.4. The van der Waals surface area contributed by atoms with E-state index in [1.807, 2.05) is 83.1 Å². The molecule has 16 aliphatic carbocycles. The first-order valence-corrected chi connectivity index (χ1v) is 52.7. The van der Waals surface area contributed by atoms with Gasteiger partial charge in [0.15, 0.2) is 0 Å². The lowest BCUT2D eigenvalue weighted by Crippen LogP contribution is -2.47. The summed E-state index contributed by atoms with van der Waals surface area (Å²) >= 11 is 0. The van der Waals surface area contributed by atoms with Crippen LogP contribution in [0.4, 0.5) is 0 Å². The van der Waals surface area contributed by atoms with Crippen LogP contribution >= 0.6 is 0 Å². The van der Waals surface area contributed by atoms with Crippen LogP contribution in [0.2, 0.25) is 0 Å². The molecule has 0 N–H and O–H groups in total. The standard InChI is InChI=1S/C23H32O6.2C21H30O6.2C20H28O6/c1-4-11(3)20(24)27-18-15-9-14-16(21(25)28-19(14)18)17(15)22(26)29-23(5-2)10-12-6-7-13(23)8-12;1-4-11(2)18(22)25-16-13-10-12-14(19(23)26-17(12)16)15(13)20(24)27-21(3)8-6-5-7-9-21;1-4-11(3)18(22)25-16-13-10-12-14(19(23)26-17(12)16)15(13)20(24)27-21(5-2)8-6-7-9-21;1-4-10(2)17(21)24-15-12-9-11-13(18(22)25-16(11)15)14(12)19(23)26-20(3)7-5-6-8-20;1-3-10(2)18(21)25-16-12-9-13-15(20(23)26-17(13)16)14(12)19(22)24-11-7-5-4-6-8-11/h11-19H,4-10H2,1-3H3;2*11-17H,4-10H2,1-3H3;10-16H,4-9H2,1-3H3;10-17H,3-9H2,1-2H3. The van der Waals surface area contributed by atoms with Crippen molar-refractivity contribution in [3.05, 3.63) is 0 Å². The van der Waals surface area contributed by atoms with E-state index in [2.05, 4.69) is 13.8 Å². The molecule has 21 rings (SSSR count). The predicted molar refractivity (Wildman–Crippen MR) is 475 cm³/mol. The van der Waals surface area contributed by atoms with E-state index in [4.69, 9.17) is 71.1 Å². The summed E-state index contributed by atoms with van der Waals surface area (Å²) in [6, 6.07) is 0. The van der Waals surface area contributed by atoms with Gasteiger partial charge in [-0.2, -0.15) is 0 Å². The minimum absolute atomic E-state index is 0.0221. The maximum absolute atomic E-state index is 13.4. The summed E-state index contributed by atoms with van der Waals surface area (Å²) < 4.78 is 86.3. The largest absolute Gasteiger partial charge is 0.462 e. The van der Waals surface area contributed by atoms with Gasteiger partial charge < -0.3 is 71.1 Å². The highest BCUT2D eigenvalue weighted by atomic mass is 16.6. The van der Waals surface area contributed by atoms with Gasteiger partial charge in [-0.05, 0) is 231 Å². The molecule has 0 aromatic carbocycles. The third-order valence-corrected chi connectivity index (χ3v) is 37.8. The number of hydrogen-bond donors (Lipinski definition) is 0. The lowest BCUT2D eigenvalue weighted by Gasteiger charge is -2.39. The van der Waals surface area contributed by atoms with Crippen molar-refractivity contribution in [2.24, 2.45) is 160 Å². The third kappa shape index (κ3) is 18.0. The first kappa shape index (κ1) is 98.6. The molecule has 5 heterocycles. The summed E-state index contributed by atoms with van der Waals surface area (Å²) in [5.41, 5.74) is -1.62. The maximum atomic E-state index is 13.4. The van der Waals surface area contributed by atoms with Gasteiger partial charge in [0.1, 0.15) is 89.5 Å². The Morgan fingerprint density at radius 1 is 0.304 bits per heavy atom. The normalized spacial score (nSPS) is 41.4. The van der Waals surface area contributed by atoms with Crippen molar-refractivity contribution in [3.8, 4) is 0 Å². The van der Waals surface area contributed by atoms with Crippen LogP contribution < -0.4 is 0 Å². The van der Waals surface area contributed by atoms with Gasteiger partial charge in [-0.3, -0.25) is 71.9 Å². The van der Waals surface area contributed by atoms with E-state index in [1.54, 1.807) is 0 Å². The van der Waals surface area contributed by atoms with E-state index in [-0.39, 0.29) is 202 Å². The Balaban J connectivity index is 0.000000117. The zero-order valence-electron chi connectivity index (χ0n) is 81.7. The predicted octanol–water partition coefficient (Wildman–Crippen LogP) is 14.6. The first-order chi connectivity index (χ1) is 64.5. The molecule has 0 radical (unpaired) electrons. The van der Waals surface area contributed by atoms with Gasteiger partial charge >= 0.3 is 89.5 Å². The van der Waals surface area contributed by atoms with Crippen LogP contribution in [0, 0.1) is 160 Å². The second-order valence-electron chi connectivity index (χ2n) is 45.4. The molecule has 12 bridgehead atoms. The van der Waals surface area contributed by atoms with Crippen LogP contribution in [0.3, 0.4) is 0 Å². The zero-order valence-corrected chi connectivity index (χ0v) is 81.7. The van der Waals surface area contributed by atoms with E-state index < -0.39 is 125 Å². The van der Waals surface area contributed by atoms with Crippen molar-refractivity contribution in [1.29, 1.82) is 0 Å². The first-order valence-electron chi connectivity index (χ1n) is 52.7. The number of carbonyl (C=O) groups is 15. The maximum Gasteiger partial charge on any atom is 0.310 e. The van der Waals surface area contributed by atoms with Crippen molar-refractivity contribution < 1.29 is 143 Å². The lowest BCUT2D eigenvalue weighted by atomic mass is 9.77. The fourth-order valence-corrected chi connectivity index (χ4v) is 29.2. The second-order valence-corrected chi connectivity index (χ2v) is 45.4. The molecule has 0 aromatic heterocycles. The molecule has 5 aliphatic heterocycles. The summed E-state index contributed by atoms with van der Waals surface area (Å²) in [7, 11) is 0. The van der Waals surface area contributed by atoms with Gasteiger partial charge in [0.2, 0.25) is 0 Å². The van der Waals surface area contributed by atoms with Crippen LogP contribution in [-0.4, -0.2) is 179 Å². The molecular formula is C105H148O30. The van der Waals surface area contributed by atoms with E-state index in [9.17, 15) is 71.9 Å². The van der Waals surface area contributed by atoms with Gasteiger partial charge in [0.05, 0.1) is 88.8 Å². The van der Waals surface area contributed by atoms with Crippen LogP contribution in [-0.2, 0) is 143 Å². The van der Waals surface area contributed by atoms with E-state index in [1.165, 1.54) is 19.3 Å². The SMILES string of the molecule is CCC(C)C(=O)OC1C2CC3C1OC(=O)C3C2C(=O)OC1(C)CCCC1.CCC(C)C(=O)OC1C2CC3C1OC(=O)C3C2C(=O)OC1(C)CCCCC1.CCC(C)C(=O)OC1C2CC3C1OC(=O)C3C2C(=O)OC1(CC)CC2CCC1C2.CCC(C)C(=O)OC1C2CC3C1OC(=O)C3C2C(=O)OC1(CC)CCCC1.CCC(C)C(=O)OC1C2CC3C1OC(=O)C3C2C(=O)OC1CCCCC1. The van der Waals surface area contributed by atoms with Gasteiger partial charge in [0, 0.05) is 59.2 Å². The molecule has 21 fully saturated rings. The Hall–Kier alpha value is -7.95. The summed E-state index contributed by atoms with van der Waals surface area (Å²) in [6.45, 7) is 26.9. The van der Waals surface area contributed by atoms with Gasteiger partial charge in [-0.15, -0.1) is 0 Å². The number of hydrogen-bond acceptors (Lipinski definition) is 30.